The highest BCUT2D eigenvalue weighted by Crippen LogP contribution is 2.52. The highest BCUT2D eigenvalue weighted by atomic mass is 14.5. The van der Waals surface area contributed by atoms with Crippen LogP contribution in [0.15, 0.2) is 91.0 Å². The van der Waals surface area contributed by atoms with Crippen molar-refractivity contribution in [1.82, 2.24) is 0 Å². The summed E-state index contributed by atoms with van der Waals surface area (Å²) >= 11 is 0. The molecule has 0 saturated heterocycles. The molecule has 4 rings (SSSR count). The van der Waals surface area contributed by atoms with E-state index in [1.165, 1.54) is 56.9 Å². The zero-order valence-electron chi connectivity index (χ0n) is 25.7. The number of unbranched alkanes of at least 4 members (excludes halogenated alkanes) is 4. The molecule has 0 nitrogen and oxygen atoms in total. The van der Waals surface area contributed by atoms with Crippen molar-refractivity contribution in [2.24, 2.45) is 0 Å². The molecular formula is C40H52. The van der Waals surface area contributed by atoms with E-state index in [0.717, 1.165) is 25.7 Å². The minimum Gasteiger partial charge on any atom is -0.0755 e. The standard InChI is InChI=1S/C40H52/c1-5-9-20-32-24-18-25-33(21-10-6-2)38(32)37-30-16-17-31-40(37,36-28-14-13-15-29-36)39-34(22-11-7-3)26-19-27-35(39)23-12-8-4/h13-19,24-31,37H,5-12,20-23H2,1-4H3. The third kappa shape index (κ3) is 6.54. The van der Waals surface area contributed by atoms with E-state index >= 15 is 0 Å². The summed E-state index contributed by atoms with van der Waals surface area (Å²) < 4.78 is 0. The monoisotopic (exact) mass is 532 g/mol. The van der Waals surface area contributed by atoms with Crippen LogP contribution >= 0.6 is 0 Å². The quantitative estimate of drug-likeness (QED) is 0.183. The molecule has 3 aromatic rings. The molecule has 0 aromatic heterocycles. The molecule has 0 fully saturated rings. The predicted molar refractivity (Wildman–Crippen MR) is 176 cm³/mol. The van der Waals surface area contributed by atoms with Crippen LogP contribution in [0.5, 0.6) is 0 Å². The summed E-state index contributed by atoms with van der Waals surface area (Å²) in [7, 11) is 0. The molecule has 2 atom stereocenters. The van der Waals surface area contributed by atoms with Crippen LogP contribution in [0.1, 0.15) is 124 Å². The number of benzene rings is 3. The van der Waals surface area contributed by atoms with Gasteiger partial charge in [-0.2, -0.15) is 0 Å². The van der Waals surface area contributed by atoms with Crippen LogP contribution in [0.3, 0.4) is 0 Å². The highest BCUT2D eigenvalue weighted by Gasteiger charge is 2.44. The van der Waals surface area contributed by atoms with Crippen molar-refractivity contribution >= 4 is 0 Å². The largest absolute Gasteiger partial charge is 0.0755 e. The summed E-state index contributed by atoms with van der Waals surface area (Å²) in [4.78, 5) is 0. The summed E-state index contributed by atoms with van der Waals surface area (Å²) in [6, 6.07) is 25.9. The van der Waals surface area contributed by atoms with Crippen LogP contribution in [0.25, 0.3) is 0 Å². The Morgan fingerprint density at radius 3 is 1.50 bits per heavy atom. The first-order valence-electron chi connectivity index (χ1n) is 16.3. The zero-order valence-corrected chi connectivity index (χ0v) is 25.7. The molecule has 0 heterocycles. The van der Waals surface area contributed by atoms with Gasteiger partial charge >= 0.3 is 0 Å². The zero-order chi connectivity index (χ0) is 28.2. The molecule has 0 heteroatoms. The SMILES string of the molecule is CCCCc1cccc(CCCC)c1C1C=CC=CC1(c1ccccc1)c1c(CCCC)cccc1CCCC. The van der Waals surface area contributed by atoms with Gasteiger partial charge in [-0.15, -0.1) is 0 Å². The lowest BCUT2D eigenvalue weighted by atomic mass is 9.58. The van der Waals surface area contributed by atoms with E-state index in [2.05, 4.69) is 119 Å². The van der Waals surface area contributed by atoms with Gasteiger partial charge in [0.2, 0.25) is 0 Å². The lowest BCUT2D eigenvalue weighted by Gasteiger charge is -2.44. The Kier molecular flexibility index (Phi) is 11.5. The first-order valence-corrected chi connectivity index (χ1v) is 16.3. The van der Waals surface area contributed by atoms with Gasteiger partial charge in [-0.1, -0.05) is 144 Å². The highest BCUT2D eigenvalue weighted by molar-refractivity contribution is 5.60. The van der Waals surface area contributed by atoms with Gasteiger partial charge in [0, 0.05) is 11.3 Å². The number of aryl methyl sites for hydroxylation is 4. The molecule has 0 amide bonds. The molecule has 212 valence electrons. The Morgan fingerprint density at radius 1 is 0.525 bits per heavy atom. The van der Waals surface area contributed by atoms with Crippen molar-refractivity contribution in [3.8, 4) is 0 Å². The van der Waals surface area contributed by atoms with Crippen molar-refractivity contribution < 1.29 is 0 Å². The molecule has 2 unspecified atom stereocenters. The fraction of sp³-hybridized carbons (Fsp3) is 0.450. The van der Waals surface area contributed by atoms with Gasteiger partial charge in [0.15, 0.2) is 0 Å². The first-order chi connectivity index (χ1) is 19.7. The Bertz CT molecular complexity index is 1190. The van der Waals surface area contributed by atoms with Crippen LogP contribution in [-0.2, 0) is 31.1 Å². The van der Waals surface area contributed by atoms with Gasteiger partial charge in [-0.3, -0.25) is 0 Å². The maximum absolute atomic E-state index is 2.58. The minimum absolute atomic E-state index is 0.229. The molecule has 0 spiro atoms. The van der Waals surface area contributed by atoms with E-state index in [9.17, 15) is 0 Å². The van der Waals surface area contributed by atoms with Crippen LogP contribution in [-0.4, -0.2) is 0 Å². The van der Waals surface area contributed by atoms with Crippen molar-refractivity contribution in [3.63, 3.8) is 0 Å². The van der Waals surface area contributed by atoms with Crippen LogP contribution in [0, 0.1) is 0 Å². The summed E-state index contributed by atoms with van der Waals surface area (Å²) in [5.74, 6) is 0.267. The van der Waals surface area contributed by atoms with Crippen LogP contribution < -0.4 is 0 Å². The normalized spacial score (nSPS) is 18.4. The predicted octanol–water partition coefficient (Wildman–Crippen LogP) is 11.3. The van der Waals surface area contributed by atoms with Gasteiger partial charge in [-0.05, 0) is 90.3 Å². The number of rotatable bonds is 15. The topological polar surface area (TPSA) is 0 Å². The number of allylic oxidation sites excluding steroid dienone is 4. The fourth-order valence-corrected chi connectivity index (χ4v) is 6.91. The summed E-state index contributed by atoms with van der Waals surface area (Å²) in [5.41, 5.74) is 10.6. The molecule has 40 heavy (non-hydrogen) atoms. The van der Waals surface area contributed by atoms with E-state index in [0.29, 0.717) is 0 Å². The van der Waals surface area contributed by atoms with Crippen molar-refractivity contribution in [3.05, 3.63) is 130 Å². The molecule has 1 aliphatic carbocycles. The minimum atomic E-state index is -0.229. The molecule has 0 saturated carbocycles. The molecule has 0 radical (unpaired) electrons. The fourth-order valence-electron chi connectivity index (χ4n) is 6.91. The third-order valence-corrected chi connectivity index (χ3v) is 8.96. The lowest BCUT2D eigenvalue weighted by Crippen LogP contribution is -2.37. The molecule has 1 aliphatic rings. The summed E-state index contributed by atoms with van der Waals surface area (Å²) in [5, 5.41) is 0. The molecule has 0 N–H and O–H groups in total. The van der Waals surface area contributed by atoms with Crippen molar-refractivity contribution in [1.29, 1.82) is 0 Å². The third-order valence-electron chi connectivity index (χ3n) is 8.96. The molecule has 0 bridgehead atoms. The number of hydrogen-bond acceptors (Lipinski definition) is 0. The maximum Gasteiger partial charge on any atom is 0.0493 e. The summed E-state index contributed by atoms with van der Waals surface area (Å²) in [6.07, 6.45) is 24.2. The molecule has 0 aliphatic heterocycles. The Morgan fingerprint density at radius 2 is 1.00 bits per heavy atom. The van der Waals surface area contributed by atoms with Gasteiger partial charge in [0.05, 0.1) is 0 Å². The van der Waals surface area contributed by atoms with E-state index in [4.69, 9.17) is 0 Å². The van der Waals surface area contributed by atoms with E-state index in [-0.39, 0.29) is 11.3 Å². The smallest absolute Gasteiger partial charge is 0.0493 e. The second-order valence-corrected chi connectivity index (χ2v) is 11.8. The summed E-state index contributed by atoms with van der Waals surface area (Å²) in [6.45, 7) is 9.29. The van der Waals surface area contributed by atoms with Gasteiger partial charge in [0.1, 0.15) is 0 Å². The van der Waals surface area contributed by atoms with E-state index < -0.39 is 0 Å². The maximum atomic E-state index is 2.58. The Hall–Kier alpha value is -2.86. The molecular weight excluding hydrogens is 480 g/mol. The average molecular weight is 533 g/mol. The van der Waals surface area contributed by atoms with Crippen LogP contribution in [0.2, 0.25) is 0 Å². The Balaban J connectivity index is 2.06. The van der Waals surface area contributed by atoms with Gasteiger partial charge in [-0.25, -0.2) is 0 Å². The van der Waals surface area contributed by atoms with Gasteiger partial charge < -0.3 is 0 Å². The second kappa shape index (κ2) is 15.2. The second-order valence-electron chi connectivity index (χ2n) is 11.8. The van der Waals surface area contributed by atoms with E-state index in [1.807, 2.05) is 0 Å². The first kappa shape index (κ1) is 30.1. The van der Waals surface area contributed by atoms with Crippen LogP contribution in [0.4, 0.5) is 0 Å². The number of hydrogen-bond donors (Lipinski definition) is 0. The van der Waals surface area contributed by atoms with Crippen molar-refractivity contribution in [2.75, 3.05) is 0 Å². The van der Waals surface area contributed by atoms with Crippen molar-refractivity contribution in [2.45, 2.75) is 116 Å². The van der Waals surface area contributed by atoms with Gasteiger partial charge in [0.25, 0.3) is 0 Å². The lowest BCUT2D eigenvalue weighted by molar-refractivity contribution is 0.541. The van der Waals surface area contributed by atoms with E-state index in [1.54, 1.807) is 33.4 Å². The molecule has 3 aromatic carbocycles. The Labute approximate surface area is 245 Å². The average Bonchev–Trinajstić information content (AvgIpc) is 3.01.